The minimum absolute atomic E-state index is 0.209. The fourth-order valence-electron chi connectivity index (χ4n) is 1.88. The maximum absolute atomic E-state index is 13.3. The summed E-state index contributed by atoms with van der Waals surface area (Å²) in [5.74, 6) is -0.0625. The Morgan fingerprint density at radius 3 is 2.67 bits per heavy atom. The fraction of sp³-hybridized carbons (Fsp3) is 0.333. The number of methoxy groups -OCH3 is 1. The summed E-state index contributed by atoms with van der Waals surface area (Å²) >= 11 is 0. The second-order valence-corrected chi connectivity index (χ2v) is 5.91. The zero-order valence-corrected chi connectivity index (χ0v) is 12.4. The SMILES string of the molecule is COCCn1c(-c2ccc(F)c(C)c2)nnc1S(N)(=O)=O. The molecule has 2 aromatic rings. The van der Waals surface area contributed by atoms with Gasteiger partial charge in [-0.15, -0.1) is 10.2 Å². The second kappa shape index (κ2) is 5.88. The van der Waals surface area contributed by atoms with Gasteiger partial charge in [0.05, 0.1) is 13.2 Å². The summed E-state index contributed by atoms with van der Waals surface area (Å²) in [6, 6.07) is 4.36. The van der Waals surface area contributed by atoms with E-state index in [0.29, 0.717) is 17.0 Å². The van der Waals surface area contributed by atoms with Crippen molar-refractivity contribution in [2.75, 3.05) is 13.7 Å². The van der Waals surface area contributed by atoms with Crippen LogP contribution in [0.1, 0.15) is 5.56 Å². The highest BCUT2D eigenvalue weighted by Gasteiger charge is 2.22. The molecule has 1 aromatic carbocycles. The molecule has 21 heavy (non-hydrogen) atoms. The average molecular weight is 314 g/mol. The molecule has 0 aliphatic rings. The summed E-state index contributed by atoms with van der Waals surface area (Å²) in [6.45, 7) is 2.07. The number of hydrogen-bond acceptors (Lipinski definition) is 5. The number of benzene rings is 1. The van der Waals surface area contributed by atoms with E-state index in [9.17, 15) is 12.8 Å². The molecule has 0 unspecified atom stereocenters. The van der Waals surface area contributed by atoms with E-state index >= 15 is 0 Å². The Bertz CT molecular complexity index is 758. The number of primary sulfonamides is 1. The largest absolute Gasteiger partial charge is 0.383 e. The van der Waals surface area contributed by atoms with Gasteiger partial charge >= 0.3 is 0 Å². The minimum Gasteiger partial charge on any atom is -0.383 e. The van der Waals surface area contributed by atoms with E-state index in [4.69, 9.17) is 9.88 Å². The maximum atomic E-state index is 13.3. The molecule has 0 aliphatic carbocycles. The number of aromatic nitrogens is 3. The van der Waals surface area contributed by atoms with Crippen LogP contribution in [-0.4, -0.2) is 36.9 Å². The number of rotatable bonds is 5. The van der Waals surface area contributed by atoms with Gasteiger partial charge in [-0.3, -0.25) is 4.57 Å². The zero-order valence-electron chi connectivity index (χ0n) is 11.6. The highest BCUT2D eigenvalue weighted by atomic mass is 32.2. The summed E-state index contributed by atoms with van der Waals surface area (Å²) in [5.41, 5.74) is 0.971. The summed E-state index contributed by atoms with van der Waals surface area (Å²) < 4.78 is 42.7. The highest BCUT2D eigenvalue weighted by Crippen LogP contribution is 2.22. The van der Waals surface area contributed by atoms with E-state index in [1.54, 1.807) is 13.0 Å². The molecule has 1 aromatic heterocycles. The van der Waals surface area contributed by atoms with Crippen molar-refractivity contribution in [1.82, 2.24) is 14.8 Å². The molecule has 0 bridgehead atoms. The molecule has 0 aliphatic heterocycles. The lowest BCUT2D eigenvalue weighted by atomic mass is 10.1. The monoisotopic (exact) mass is 314 g/mol. The van der Waals surface area contributed by atoms with Crippen LogP contribution < -0.4 is 5.14 Å². The molecule has 1 heterocycles. The van der Waals surface area contributed by atoms with Gasteiger partial charge in [0, 0.05) is 12.7 Å². The van der Waals surface area contributed by atoms with Gasteiger partial charge in [-0.25, -0.2) is 17.9 Å². The van der Waals surface area contributed by atoms with E-state index < -0.39 is 10.0 Å². The summed E-state index contributed by atoms with van der Waals surface area (Å²) in [4.78, 5) is 0. The molecule has 0 saturated carbocycles. The van der Waals surface area contributed by atoms with Gasteiger partial charge in [-0.2, -0.15) is 0 Å². The lowest BCUT2D eigenvalue weighted by Crippen LogP contribution is -2.20. The number of hydrogen-bond donors (Lipinski definition) is 1. The van der Waals surface area contributed by atoms with E-state index in [2.05, 4.69) is 10.2 Å². The number of sulfonamides is 1. The minimum atomic E-state index is -4.01. The van der Waals surface area contributed by atoms with Crippen LogP contribution in [0.3, 0.4) is 0 Å². The van der Waals surface area contributed by atoms with Crippen LogP contribution >= 0.6 is 0 Å². The Morgan fingerprint density at radius 2 is 2.10 bits per heavy atom. The molecule has 0 fully saturated rings. The Kier molecular flexibility index (Phi) is 4.35. The summed E-state index contributed by atoms with van der Waals surface area (Å²) in [5, 5.41) is 12.2. The van der Waals surface area contributed by atoms with Crippen LogP contribution in [0.25, 0.3) is 11.4 Å². The Balaban J connectivity index is 2.57. The first-order valence-corrected chi connectivity index (χ1v) is 7.60. The molecule has 9 heteroatoms. The Hall–Kier alpha value is -1.84. The number of nitrogens with zero attached hydrogens (tertiary/aromatic N) is 3. The van der Waals surface area contributed by atoms with Gasteiger partial charge < -0.3 is 4.74 Å². The standard InChI is InChI=1S/C12H15FN4O3S/c1-8-7-9(3-4-10(8)13)11-15-16-12(21(14,18)19)17(11)5-6-20-2/h3-4,7H,5-6H2,1-2H3,(H2,14,18,19). The number of halogens is 1. The second-order valence-electron chi connectivity index (χ2n) is 4.46. The molecule has 114 valence electrons. The van der Waals surface area contributed by atoms with E-state index in [1.807, 2.05) is 0 Å². The normalized spacial score (nSPS) is 11.8. The van der Waals surface area contributed by atoms with Gasteiger partial charge in [0.25, 0.3) is 15.2 Å². The van der Waals surface area contributed by atoms with Crippen molar-refractivity contribution in [2.45, 2.75) is 18.6 Å². The Morgan fingerprint density at radius 1 is 1.38 bits per heavy atom. The summed E-state index contributed by atoms with van der Waals surface area (Å²) in [7, 11) is -2.52. The van der Waals surface area contributed by atoms with Crippen molar-refractivity contribution in [1.29, 1.82) is 0 Å². The number of nitrogens with two attached hydrogens (primary N) is 1. The van der Waals surface area contributed by atoms with Crippen LogP contribution in [-0.2, 0) is 21.3 Å². The molecule has 2 rings (SSSR count). The molecule has 0 radical (unpaired) electrons. The van der Waals surface area contributed by atoms with Gasteiger partial charge in [0.2, 0.25) is 0 Å². The van der Waals surface area contributed by atoms with Crippen molar-refractivity contribution < 1.29 is 17.5 Å². The fourth-order valence-corrected chi connectivity index (χ4v) is 2.52. The van der Waals surface area contributed by atoms with E-state index in [1.165, 1.54) is 23.8 Å². The van der Waals surface area contributed by atoms with Crippen LogP contribution in [0.5, 0.6) is 0 Å². The topological polar surface area (TPSA) is 100 Å². The zero-order chi connectivity index (χ0) is 15.6. The number of ether oxygens (including phenoxy) is 1. The van der Waals surface area contributed by atoms with Gasteiger partial charge in [0.1, 0.15) is 5.82 Å². The van der Waals surface area contributed by atoms with Crippen molar-refractivity contribution in [3.8, 4) is 11.4 Å². The first kappa shape index (κ1) is 15.5. The van der Waals surface area contributed by atoms with E-state index in [0.717, 1.165) is 0 Å². The molecule has 0 spiro atoms. The van der Waals surface area contributed by atoms with Gasteiger partial charge in [-0.05, 0) is 30.7 Å². The predicted octanol–water partition coefficient (Wildman–Crippen LogP) is 0.686. The summed E-state index contributed by atoms with van der Waals surface area (Å²) in [6.07, 6.45) is 0. The van der Waals surface area contributed by atoms with Crippen LogP contribution in [0.15, 0.2) is 23.4 Å². The molecule has 0 atom stereocenters. The first-order valence-electron chi connectivity index (χ1n) is 6.06. The molecule has 0 saturated heterocycles. The van der Waals surface area contributed by atoms with Gasteiger partial charge in [0.15, 0.2) is 5.82 Å². The lowest BCUT2D eigenvalue weighted by Gasteiger charge is -2.09. The maximum Gasteiger partial charge on any atom is 0.273 e. The quantitative estimate of drug-likeness (QED) is 0.875. The third kappa shape index (κ3) is 3.26. The lowest BCUT2D eigenvalue weighted by molar-refractivity contribution is 0.185. The average Bonchev–Trinajstić information content (AvgIpc) is 2.83. The van der Waals surface area contributed by atoms with Gasteiger partial charge in [-0.1, -0.05) is 0 Å². The molecular weight excluding hydrogens is 299 g/mol. The number of aryl methyl sites for hydroxylation is 1. The van der Waals surface area contributed by atoms with Crippen LogP contribution in [0, 0.1) is 12.7 Å². The van der Waals surface area contributed by atoms with E-state index in [-0.39, 0.29) is 24.1 Å². The van der Waals surface area contributed by atoms with Crippen LogP contribution in [0.2, 0.25) is 0 Å². The molecule has 7 nitrogen and oxygen atoms in total. The molecule has 0 amide bonds. The molecule has 2 N–H and O–H groups in total. The predicted molar refractivity (Wildman–Crippen MR) is 73.4 cm³/mol. The third-order valence-corrected chi connectivity index (χ3v) is 3.72. The smallest absolute Gasteiger partial charge is 0.273 e. The molecular formula is C12H15FN4O3S. The van der Waals surface area contributed by atoms with Crippen molar-refractivity contribution in [2.24, 2.45) is 5.14 Å². The van der Waals surface area contributed by atoms with Crippen molar-refractivity contribution in [3.05, 3.63) is 29.6 Å². The van der Waals surface area contributed by atoms with Crippen molar-refractivity contribution in [3.63, 3.8) is 0 Å². The first-order chi connectivity index (χ1) is 9.84. The highest BCUT2D eigenvalue weighted by molar-refractivity contribution is 7.89. The van der Waals surface area contributed by atoms with Crippen LogP contribution in [0.4, 0.5) is 4.39 Å². The Labute approximate surface area is 121 Å². The third-order valence-electron chi connectivity index (χ3n) is 2.91. The van der Waals surface area contributed by atoms with Crippen molar-refractivity contribution >= 4 is 10.0 Å².